The first kappa shape index (κ1) is 14.3. The molecule has 0 heterocycles. The summed E-state index contributed by atoms with van der Waals surface area (Å²) >= 11 is 11.1. The lowest BCUT2D eigenvalue weighted by molar-refractivity contribution is 0.100. The highest BCUT2D eigenvalue weighted by atomic mass is 35.5. The molecule has 0 aromatic heterocycles. The summed E-state index contributed by atoms with van der Waals surface area (Å²) in [5, 5.41) is 3.64. The van der Waals surface area contributed by atoms with Gasteiger partial charge in [-0.2, -0.15) is 0 Å². The quantitative estimate of drug-likeness (QED) is 0.759. The minimum absolute atomic E-state index is 0.215. The summed E-state index contributed by atoms with van der Waals surface area (Å²) in [6, 6.07) is 12.1. The second kappa shape index (κ2) is 5.90. The van der Waals surface area contributed by atoms with Crippen molar-refractivity contribution < 1.29 is 4.79 Å². The molecule has 0 unspecified atom stereocenters. The number of rotatable bonds is 4. The van der Waals surface area contributed by atoms with E-state index in [0.29, 0.717) is 21.8 Å². The molecule has 20 heavy (non-hydrogen) atoms. The highest BCUT2D eigenvalue weighted by Gasteiger charge is 2.10. The summed E-state index contributed by atoms with van der Waals surface area (Å²) in [7, 11) is 0. The standard InChI is InChI=1S/C14H12ClN3OS/c15-10-2-1-3-11(12(10)14(17)20)18-9-6-4-8(5-7-9)13(16)19/h1-7,18H,(H2,16,19)(H2,17,20). The number of nitrogens with one attached hydrogen (secondary N) is 1. The fourth-order valence-corrected chi connectivity index (χ4v) is 2.30. The highest BCUT2D eigenvalue weighted by molar-refractivity contribution is 7.80. The van der Waals surface area contributed by atoms with E-state index in [9.17, 15) is 4.79 Å². The summed E-state index contributed by atoms with van der Waals surface area (Å²) in [6.45, 7) is 0. The van der Waals surface area contributed by atoms with Gasteiger partial charge >= 0.3 is 0 Å². The molecule has 0 saturated carbocycles. The minimum atomic E-state index is -0.469. The van der Waals surface area contributed by atoms with Crippen LogP contribution in [0.15, 0.2) is 42.5 Å². The lowest BCUT2D eigenvalue weighted by atomic mass is 10.1. The molecule has 0 aliphatic heterocycles. The van der Waals surface area contributed by atoms with E-state index >= 15 is 0 Å². The Morgan fingerprint density at radius 1 is 1.10 bits per heavy atom. The van der Waals surface area contributed by atoms with Crippen molar-refractivity contribution in [3.05, 3.63) is 58.6 Å². The Hall–Kier alpha value is -2.11. The van der Waals surface area contributed by atoms with Gasteiger partial charge in [0, 0.05) is 11.3 Å². The summed E-state index contributed by atoms with van der Waals surface area (Å²) in [4.78, 5) is 11.2. The number of anilines is 2. The van der Waals surface area contributed by atoms with E-state index in [1.165, 1.54) is 0 Å². The third kappa shape index (κ3) is 3.07. The van der Waals surface area contributed by atoms with Crippen molar-refractivity contribution in [2.45, 2.75) is 0 Å². The molecule has 102 valence electrons. The van der Waals surface area contributed by atoms with Gasteiger partial charge in [0.1, 0.15) is 4.99 Å². The minimum Gasteiger partial charge on any atom is -0.389 e. The smallest absolute Gasteiger partial charge is 0.248 e. The molecule has 4 nitrogen and oxygen atoms in total. The van der Waals surface area contributed by atoms with Gasteiger partial charge in [-0.3, -0.25) is 4.79 Å². The van der Waals surface area contributed by atoms with Gasteiger partial charge in [0.15, 0.2) is 0 Å². The lowest BCUT2D eigenvalue weighted by Gasteiger charge is -2.12. The molecule has 1 amide bonds. The van der Waals surface area contributed by atoms with Gasteiger partial charge in [0.25, 0.3) is 0 Å². The zero-order chi connectivity index (χ0) is 14.7. The summed E-state index contributed by atoms with van der Waals surface area (Å²) in [6.07, 6.45) is 0. The first-order valence-electron chi connectivity index (χ1n) is 5.74. The third-order valence-corrected chi connectivity index (χ3v) is 3.23. The van der Waals surface area contributed by atoms with Crippen LogP contribution < -0.4 is 16.8 Å². The summed E-state index contributed by atoms with van der Waals surface area (Å²) in [5.41, 5.74) is 13.4. The molecule has 0 saturated heterocycles. The number of nitrogens with two attached hydrogens (primary N) is 2. The maximum absolute atomic E-state index is 11.0. The van der Waals surface area contributed by atoms with Crippen molar-refractivity contribution in [3.8, 4) is 0 Å². The Kier molecular flexibility index (Phi) is 4.22. The van der Waals surface area contributed by atoms with Gasteiger partial charge in [-0.05, 0) is 36.4 Å². The zero-order valence-corrected chi connectivity index (χ0v) is 12.0. The van der Waals surface area contributed by atoms with E-state index in [1.807, 2.05) is 6.07 Å². The summed E-state index contributed by atoms with van der Waals surface area (Å²) < 4.78 is 0. The van der Waals surface area contributed by atoms with Crippen LogP contribution in [0.25, 0.3) is 0 Å². The van der Waals surface area contributed by atoms with Crippen LogP contribution in [-0.4, -0.2) is 10.9 Å². The maximum Gasteiger partial charge on any atom is 0.248 e. The normalized spacial score (nSPS) is 10.1. The van der Waals surface area contributed by atoms with Gasteiger partial charge in [-0.1, -0.05) is 29.9 Å². The fraction of sp³-hybridized carbons (Fsp3) is 0. The van der Waals surface area contributed by atoms with Crippen LogP contribution in [0.1, 0.15) is 15.9 Å². The molecule has 0 spiro atoms. The van der Waals surface area contributed by atoms with Crippen LogP contribution in [0.5, 0.6) is 0 Å². The van der Waals surface area contributed by atoms with Crippen molar-refractivity contribution in [2.75, 3.05) is 5.32 Å². The predicted octanol–water partition coefficient (Wildman–Crippen LogP) is 2.82. The number of primary amides is 1. The Bertz CT molecular complexity index is 671. The number of benzene rings is 2. The molecular formula is C14H12ClN3OS. The van der Waals surface area contributed by atoms with Crippen LogP contribution in [0, 0.1) is 0 Å². The first-order valence-corrected chi connectivity index (χ1v) is 6.53. The lowest BCUT2D eigenvalue weighted by Crippen LogP contribution is -2.13. The Balaban J connectivity index is 2.33. The van der Waals surface area contributed by atoms with E-state index in [2.05, 4.69) is 5.32 Å². The molecular weight excluding hydrogens is 294 g/mol. The van der Waals surface area contributed by atoms with Crippen molar-refractivity contribution in [2.24, 2.45) is 11.5 Å². The number of halogens is 1. The van der Waals surface area contributed by atoms with Crippen molar-refractivity contribution in [3.63, 3.8) is 0 Å². The van der Waals surface area contributed by atoms with E-state index in [-0.39, 0.29) is 4.99 Å². The van der Waals surface area contributed by atoms with Gasteiger partial charge in [0.05, 0.1) is 16.3 Å². The van der Waals surface area contributed by atoms with Crippen LogP contribution in [0.2, 0.25) is 5.02 Å². The van der Waals surface area contributed by atoms with Crippen LogP contribution >= 0.6 is 23.8 Å². The number of amides is 1. The molecule has 2 aromatic carbocycles. The fourth-order valence-electron chi connectivity index (χ4n) is 1.75. The second-order valence-electron chi connectivity index (χ2n) is 4.09. The molecule has 2 rings (SSSR count). The second-order valence-corrected chi connectivity index (χ2v) is 4.94. The van der Waals surface area contributed by atoms with Crippen LogP contribution in [-0.2, 0) is 0 Å². The molecule has 0 atom stereocenters. The molecule has 5 N–H and O–H groups in total. The van der Waals surface area contributed by atoms with Crippen molar-refractivity contribution in [1.82, 2.24) is 0 Å². The van der Waals surface area contributed by atoms with E-state index in [0.717, 1.165) is 5.69 Å². The van der Waals surface area contributed by atoms with Gasteiger partial charge < -0.3 is 16.8 Å². The summed E-state index contributed by atoms with van der Waals surface area (Å²) in [5.74, 6) is -0.469. The average molecular weight is 306 g/mol. The van der Waals surface area contributed by atoms with Gasteiger partial charge in [-0.15, -0.1) is 0 Å². The predicted molar refractivity (Wildman–Crippen MR) is 85.6 cm³/mol. The SMILES string of the molecule is NC(=O)c1ccc(Nc2cccc(Cl)c2C(N)=S)cc1. The molecule has 0 aliphatic carbocycles. The van der Waals surface area contributed by atoms with E-state index < -0.39 is 5.91 Å². The highest BCUT2D eigenvalue weighted by Crippen LogP contribution is 2.27. The van der Waals surface area contributed by atoms with Crippen LogP contribution in [0.3, 0.4) is 0 Å². The van der Waals surface area contributed by atoms with Crippen molar-refractivity contribution in [1.29, 1.82) is 0 Å². The zero-order valence-electron chi connectivity index (χ0n) is 10.4. The number of thiocarbonyl (C=S) groups is 1. The molecule has 2 aromatic rings. The topological polar surface area (TPSA) is 81.1 Å². The number of hydrogen-bond donors (Lipinski definition) is 3. The Labute approximate surface area is 126 Å². The van der Waals surface area contributed by atoms with Gasteiger partial charge in [0.2, 0.25) is 5.91 Å². The molecule has 6 heteroatoms. The number of carbonyl (C=O) groups excluding carboxylic acids is 1. The number of carbonyl (C=O) groups is 1. The largest absolute Gasteiger partial charge is 0.389 e. The maximum atomic E-state index is 11.0. The van der Waals surface area contributed by atoms with E-state index in [1.54, 1.807) is 36.4 Å². The molecule has 0 bridgehead atoms. The Morgan fingerprint density at radius 3 is 2.30 bits per heavy atom. The first-order chi connectivity index (χ1) is 9.49. The monoisotopic (exact) mass is 305 g/mol. The van der Waals surface area contributed by atoms with Crippen LogP contribution in [0.4, 0.5) is 11.4 Å². The third-order valence-electron chi connectivity index (χ3n) is 2.71. The molecule has 0 fully saturated rings. The molecule has 0 aliphatic rings. The average Bonchev–Trinajstić information content (AvgIpc) is 2.39. The van der Waals surface area contributed by atoms with E-state index in [4.69, 9.17) is 35.3 Å². The van der Waals surface area contributed by atoms with Crippen molar-refractivity contribution >= 4 is 46.1 Å². The number of hydrogen-bond acceptors (Lipinski definition) is 3. The van der Waals surface area contributed by atoms with Gasteiger partial charge in [-0.25, -0.2) is 0 Å². The Morgan fingerprint density at radius 2 is 1.75 bits per heavy atom. The molecule has 0 radical (unpaired) electrons.